The van der Waals surface area contributed by atoms with Crippen LogP contribution in [0, 0.1) is 0 Å². The molecule has 180 valence electrons. The van der Waals surface area contributed by atoms with E-state index in [9.17, 15) is 0 Å². The predicted molar refractivity (Wildman–Crippen MR) is 145 cm³/mol. The normalized spacial score (nSPS) is 21.0. The average Bonchev–Trinajstić information content (AvgIpc) is 3.05. The van der Waals surface area contributed by atoms with E-state index in [2.05, 4.69) is 71.8 Å². The fourth-order valence-corrected chi connectivity index (χ4v) is 4.39. The highest BCUT2D eigenvalue weighted by molar-refractivity contribution is 14.0. The predicted octanol–water partition coefficient (Wildman–Crippen LogP) is 4.57. The van der Waals surface area contributed by atoms with Gasteiger partial charge in [-0.05, 0) is 49.9 Å². The maximum atomic E-state index is 5.82. The van der Waals surface area contributed by atoms with Crippen LogP contribution in [-0.2, 0) is 13.1 Å². The topological polar surface area (TPSA) is 58.1 Å². The second-order valence-corrected chi connectivity index (χ2v) is 8.70. The van der Waals surface area contributed by atoms with Crippen LogP contribution in [0.1, 0.15) is 44.2 Å². The van der Waals surface area contributed by atoms with Crippen molar-refractivity contribution in [2.24, 2.45) is 4.99 Å². The van der Waals surface area contributed by atoms with Gasteiger partial charge in [-0.2, -0.15) is 0 Å². The molecule has 2 N–H and O–H groups in total. The minimum absolute atomic E-state index is 0. The summed E-state index contributed by atoms with van der Waals surface area (Å²) in [6, 6.07) is 17.8. The van der Waals surface area contributed by atoms with E-state index in [4.69, 9.17) is 14.5 Å². The number of fused-ring (bicyclic) bond motifs is 1. The average molecular weight is 565 g/mol. The molecule has 33 heavy (non-hydrogen) atoms. The number of likely N-dealkylation sites (tertiary alicyclic amines) is 1. The summed E-state index contributed by atoms with van der Waals surface area (Å²) in [7, 11) is 0. The van der Waals surface area contributed by atoms with Crippen LogP contribution in [0.4, 0.5) is 0 Å². The van der Waals surface area contributed by atoms with Crippen molar-refractivity contribution < 1.29 is 9.47 Å². The van der Waals surface area contributed by atoms with Crippen LogP contribution in [0.5, 0.6) is 11.5 Å². The number of hydrogen-bond donors (Lipinski definition) is 2. The van der Waals surface area contributed by atoms with Crippen molar-refractivity contribution in [3.63, 3.8) is 0 Å². The summed E-state index contributed by atoms with van der Waals surface area (Å²) in [5.74, 6) is 2.54. The number of hydrogen-bond acceptors (Lipinski definition) is 4. The Kier molecular flexibility index (Phi) is 10.1. The number of nitrogens with one attached hydrogen (secondary N) is 2. The Morgan fingerprint density at radius 2 is 1.85 bits per heavy atom. The van der Waals surface area contributed by atoms with Gasteiger partial charge in [-0.25, -0.2) is 4.99 Å². The van der Waals surface area contributed by atoms with E-state index in [-0.39, 0.29) is 24.0 Å². The molecule has 4 rings (SSSR count). The Labute approximate surface area is 215 Å². The number of rotatable bonds is 6. The Morgan fingerprint density at radius 3 is 2.61 bits per heavy atom. The van der Waals surface area contributed by atoms with Gasteiger partial charge in [-0.15, -0.1) is 24.0 Å². The van der Waals surface area contributed by atoms with Crippen LogP contribution in [0.2, 0.25) is 0 Å². The third kappa shape index (κ3) is 7.50. The van der Waals surface area contributed by atoms with Gasteiger partial charge in [0.25, 0.3) is 0 Å². The Hall–Kier alpha value is -2.00. The van der Waals surface area contributed by atoms with Gasteiger partial charge in [-0.1, -0.05) is 36.4 Å². The van der Waals surface area contributed by atoms with Crippen LogP contribution in [0.3, 0.4) is 0 Å². The SMILES string of the molecule is CCNC(=NCc1ccc2c(c1)OCCCO2)NC1CCN(Cc2ccccc2)C(C)C1.I. The van der Waals surface area contributed by atoms with Gasteiger partial charge in [0, 0.05) is 38.1 Å². The lowest BCUT2D eigenvalue weighted by atomic mass is 9.97. The van der Waals surface area contributed by atoms with E-state index in [1.165, 1.54) is 5.56 Å². The summed E-state index contributed by atoms with van der Waals surface area (Å²) in [4.78, 5) is 7.43. The number of guanidine groups is 1. The molecule has 0 bridgehead atoms. The zero-order chi connectivity index (χ0) is 22.2. The van der Waals surface area contributed by atoms with E-state index < -0.39 is 0 Å². The van der Waals surface area contributed by atoms with E-state index in [1.54, 1.807) is 0 Å². The van der Waals surface area contributed by atoms with E-state index in [0.29, 0.717) is 31.8 Å². The van der Waals surface area contributed by atoms with Crippen molar-refractivity contribution in [1.82, 2.24) is 15.5 Å². The first-order valence-corrected chi connectivity index (χ1v) is 11.9. The fourth-order valence-electron chi connectivity index (χ4n) is 4.39. The second kappa shape index (κ2) is 13.0. The maximum absolute atomic E-state index is 5.82. The first kappa shape index (κ1) is 25.6. The zero-order valence-electron chi connectivity index (χ0n) is 19.8. The molecule has 1 saturated heterocycles. The first-order chi connectivity index (χ1) is 15.7. The van der Waals surface area contributed by atoms with Crippen molar-refractivity contribution in [1.29, 1.82) is 0 Å². The highest BCUT2D eigenvalue weighted by Crippen LogP contribution is 2.30. The third-order valence-electron chi connectivity index (χ3n) is 6.16. The summed E-state index contributed by atoms with van der Waals surface area (Å²) in [6.07, 6.45) is 3.14. The summed E-state index contributed by atoms with van der Waals surface area (Å²) >= 11 is 0. The molecule has 0 aromatic heterocycles. The fraction of sp³-hybridized carbons (Fsp3) is 0.500. The Bertz CT molecular complexity index is 893. The number of ether oxygens (including phenoxy) is 2. The molecule has 0 amide bonds. The molecule has 7 heteroatoms. The van der Waals surface area contributed by atoms with Gasteiger partial charge in [-0.3, -0.25) is 4.90 Å². The van der Waals surface area contributed by atoms with Gasteiger partial charge in [0.1, 0.15) is 0 Å². The zero-order valence-corrected chi connectivity index (χ0v) is 22.1. The van der Waals surface area contributed by atoms with Crippen LogP contribution in [0.15, 0.2) is 53.5 Å². The van der Waals surface area contributed by atoms with Crippen molar-refractivity contribution in [2.45, 2.75) is 58.3 Å². The summed E-state index contributed by atoms with van der Waals surface area (Å²) in [5.41, 5.74) is 2.51. The van der Waals surface area contributed by atoms with Crippen LogP contribution in [0.25, 0.3) is 0 Å². The third-order valence-corrected chi connectivity index (χ3v) is 6.16. The molecule has 2 atom stereocenters. The molecule has 0 aliphatic carbocycles. The smallest absolute Gasteiger partial charge is 0.191 e. The first-order valence-electron chi connectivity index (χ1n) is 11.9. The molecule has 0 radical (unpaired) electrons. The van der Waals surface area contributed by atoms with Crippen molar-refractivity contribution in [3.8, 4) is 11.5 Å². The monoisotopic (exact) mass is 564 g/mol. The molecule has 2 aromatic carbocycles. The quantitative estimate of drug-likeness (QED) is 0.306. The van der Waals surface area contributed by atoms with E-state index in [1.807, 2.05) is 6.07 Å². The largest absolute Gasteiger partial charge is 0.490 e. The van der Waals surface area contributed by atoms with Crippen molar-refractivity contribution in [2.75, 3.05) is 26.3 Å². The molecular formula is C26H37IN4O2. The molecule has 2 aliphatic rings. The van der Waals surface area contributed by atoms with Crippen LogP contribution in [-0.4, -0.2) is 49.2 Å². The van der Waals surface area contributed by atoms with Gasteiger partial charge in [0.15, 0.2) is 17.5 Å². The molecule has 0 saturated carbocycles. The summed E-state index contributed by atoms with van der Waals surface area (Å²) in [5, 5.41) is 7.08. The van der Waals surface area contributed by atoms with Crippen molar-refractivity contribution in [3.05, 3.63) is 59.7 Å². The summed E-state index contributed by atoms with van der Waals surface area (Å²) < 4.78 is 11.6. The molecule has 2 heterocycles. The Balaban J connectivity index is 0.00000306. The molecule has 1 fully saturated rings. The van der Waals surface area contributed by atoms with Gasteiger partial charge >= 0.3 is 0 Å². The lowest BCUT2D eigenvalue weighted by molar-refractivity contribution is 0.134. The van der Waals surface area contributed by atoms with Gasteiger partial charge in [0.2, 0.25) is 0 Å². The lowest BCUT2D eigenvalue weighted by Gasteiger charge is -2.38. The minimum Gasteiger partial charge on any atom is -0.490 e. The molecule has 0 spiro atoms. The van der Waals surface area contributed by atoms with E-state index in [0.717, 1.165) is 61.9 Å². The Morgan fingerprint density at radius 1 is 1.06 bits per heavy atom. The highest BCUT2D eigenvalue weighted by Gasteiger charge is 2.26. The summed E-state index contributed by atoms with van der Waals surface area (Å²) in [6.45, 7) is 9.41. The van der Waals surface area contributed by atoms with Crippen molar-refractivity contribution >= 4 is 29.9 Å². The number of piperidine rings is 1. The molecule has 2 aliphatic heterocycles. The maximum Gasteiger partial charge on any atom is 0.191 e. The standard InChI is InChI=1S/C26H36N4O2.HI/c1-3-27-26(28-18-22-10-11-24-25(17-22)32-15-7-14-31-24)29-23-12-13-30(20(2)16-23)19-21-8-5-4-6-9-21;/h4-6,8-11,17,20,23H,3,7,12-16,18-19H2,1-2H3,(H2,27,28,29);1H. The van der Waals surface area contributed by atoms with Crippen LogP contribution >= 0.6 is 24.0 Å². The molecule has 6 nitrogen and oxygen atoms in total. The van der Waals surface area contributed by atoms with Gasteiger partial charge in [0.05, 0.1) is 19.8 Å². The molecule has 2 unspecified atom stereocenters. The van der Waals surface area contributed by atoms with E-state index >= 15 is 0 Å². The number of aliphatic imine (C=N–C) groups is 1. The number of halogens is 1. The highest BCUT2D eigenvalue weighted by atomic mass is 127. The van der Waals surface area contributed by atoms with Gasteiger partial charge < -0.3 is 20.1 Å². The molecule has 2 aromatic rings. The number of nitrogens with zero attached hydrogens (tertiary/aromatic N) is 2. The minimum atomic E-state index is 0. The molecular weight excluding hydrogens is 527 g/mol. The van der Waals surface area contributed by atoms with Crippen LogP contribution < -0.4 is 20.1 Å². The lowest BCUT2D eigenvalue weighted by Crippen LogP contribution is -2.51. The second-order valence-electron chi connectivity index (χ2n) is 8.70. The number of benzene rings is 2.